The van der Waals surface area contributed by atoms with E-state index in [1.165, 1.54) is 23.1 Å². The van der Waals surface area contributed by atoms with E-state index < -0.39 is 0 Å². The summed E-state index contributed by atoms with van der Waals surface area (Å²) in [6, 6.07) is 16.9. The Kier molecular flexibility index (Phi) is 4.55. The zero-order valence-electron chi connectivity index (χ0n) is 12.8. The lowest BCUT2D eigenvalue weighted by atomic mass is 9.82. The molecule has 0 heterocycles. The molecule has 0 nitrogen and oxygen atoms in total. The highest BCUT2D eigenvalue weighted by Crippen LogP contribution is 2.31. The van der Waals surface area contributed by atoms with Crippen LogP contribution in [0.5, 0.6) is 0 Å². The van der Waals surface area contributed by atoms with E-state index in [0.717, 1.165) is 5.02 Å². The van der Waals surface area contributed by atoms with E-state index in [1.807, 2.05) is 12.1 Å². The van der Waals surface area contributed by atoms with Crippen molar-refractivity contribution in [1.29, 1.82) is 0 Å². The summed E-state index contributed by atoms with van der Waals surface area (Å²) in [6.07, 6.45) is 1.20. The lowest BCUT2D eigenvalue weighted by molar-refractivity contribution is 0.349. The molecule has 1 unspecified atom stereocenters. The van der Waals surface area contributed by atoms with Gasteiger partial charge in [-0.15, -0.1) is 0 Å². The molecule has 0 saturated carbocycles. The minimum absolute atomic E-state index is 0.369. The summed E-state index contributed by atoms with van der Waals surface area (Å²) in [5.74, 6) is 0.592. The fraction of sp³-hybridized carbons (Fsp3) is 0.368. The van der Waals surface area contributed by atoms with Crippen LogP contribution >= 0.6 is 11.6 Å². The van der Waals surface area contributed by atoms with Crippen LogP contribution in [-0.2, 0) is 0 Å². The van der Waals surface area contributed by atoms with Gasteiger partial charge in [0.25, 0.3) is 0 Å². The van der Waals surface area contributed by atoms with Gasteiger partial charge in [-0.1, -0.05) is 75.7 Å². The predicted octanol–water partition coefficient (Wildman–Crippen LogP) is 6.55. The van der Waals surface area contributed by atoms with Crippen molar-refractivity contribution in [2.75, 3.05) is 0 Å². The molecule has 0 aliphatic heterocycles. The third-order valence-corrected chi connectivity index (χ3v) is 3.83. The number of hydrogen-bond donors (Lipinski definition) is 0. The van der Waals surface area contributed by atoms with Gasteiger partial charge in [0, 0.05) is 5.02 Å². The molecule has 0 aromatic heterocycles. The van der Waals surface area contributed by atoms with Gasteiger partial charge in [0.1, 0.15) is 0 Å². The SMILES string of the molecule is CC(CC(C)(C)C)c1ccc(-c2ccc(Cl)cc2)cc1. The van der Waals surface area contributed by atoms with Gasteiger partial charge < -0.3 is 0 Å². The Morgan fingerprint density at radius 1 is 0.850 bits per heavy atom. The molecule has 0 fully saturated rings. The average Bonchev–Trinajstić information content (AvgIpc) is 2.38. The number of hydrogen-bond acceptors (Lipinski definition) is 0. The van der Waals surface area contributed by atoms with Crippen molar-refractivity contribution >= 4 is 11.6 Å². The fourth-order valence-corrected chi connectivity index (χ4v) is 2.81. The second-order valence-corrected chi connectivity index (χ2v) is 7.23. The van der Waals surface area contributed by atoms with Crippen molar-refractivity contribution in [3.63, 3.8) is 0 Å². The quantitative estimate of drug-likeness (QED) is 0.600. The highest BCUT2D eigenvalue weighted by atomic mass is 35.5. The van der Waals surface area contributed by atoms with E-state index in [-0.39, 0.29) is 0 Å². The van der Waals surface area contributed by atoms with Gasteiger partial charge in [-0.3, -0.25) is 0 Å². The van der Waals surface area contributed by atoms with Crippen LogP contribution in [0.25, 0.3) is 11.1 Å². The average molecular weight is 287 g/mol. The van der Waals surface area contributed by atoms with Crippen molar-refractivity contribution in [2.45, 2.75) is 40.0 Å². The minimum atomic E-state index is 0.369. The molecule has 0 spiro atoms. The van der Waals surface area contributed by atoms with Gasteiger partial charge in [-0.25, -0.2) is 0 Å². The van der Waals surface area contributed by atoms with Crippen LogP contribution in [0.3, 0.4) is 0 Å². The Hall–Kier alpha value is -1.27. The van der Waals surface area contributed by atoms with Gasteiger partial charge >= 0.3 is 0 Å². The molecular formula is C19H23Cl. The van der Waals surface area contributed by atoms with Gasteiger partial charge in [-0.2, -0.15) is 0 Å². The molecule has 0 aliphatic carbocycles. The fourth-order valence-electron chi connectivity index (χ4n) is 2.68. The standard InChI is InChI=1S/C19H23Cl/c1-14(13-19(2,3)4)15-5-7-16(8-6-15)17-9-11-18(20)12-10-17/h5-12,14H,13H2,1-4H3. The molecule has 1 atom stereocenters. The first-order valence-corrected chi connectivity index (χ1v) is 7.59. The van der Waals surface area contributed by atoms with Crippen molar-refractivity contribution in [3.05, 3.63) is 59.1 Å². The largest absolute Gasteiger partial charge is 0.0843 e. The Labute approximate surface area is 127 Å². The molecule has 106 valence electrons. The molecule has 0 amide bonds. The first-order valence-electron chi connectivity index (χ1n) is 7.21. The molecule has 0 N–H and O–H groups in total. The zero-order chi connectivity index (χ0) is 14.8. The smallest absolute Gasteiger partial charge is 0.0406 e. The van der Waals surface area contributed by atoms with Crippen molar-refractivity contribution in [2.24, 2.45) is 5.41 Å². The van der Waals surface area contributed by atoms with Gasteiger partial charge in [-0.05, 0) is 46.6 Å². The Morgan fingerprint density at radius 2 is 1.30 bits per heavy atom. The monoisotopic (exact) mass is 286 g/mol. The topological polar surface area (TPSA) is 0 Å². The van der Waals surface area contributed by atoms with Gasteiger partial charge in [0.05, 0.1) is 0 Å². The Bertz CT molecular complexity index is 544. The van der Waals surface area contributed by atoms with Crippen LogP contribution in [-0.4, -0.2) is 0 Å². The third-order valence-electron chi connectivity index (χ3n) is 3.58. The van der Waals surface area contributed by atoms with Gasteiger partial charge in [0.15, 0.2) is 0 Å². The van der Waals surface area contributed by atoms with Crippen molar-refractivity contribution < 1.29 is 0 Å². The van der Waals surface area contributed by atoms with Crippen LogP contribution in [0.15, 0.2) is 48.5 Å². The molecule has 0 saturated heterocycles. The summed E-state index contributed by atoms with van der Waals surface area (Å²) in [6.45, 7) is 9.20. The van der Waals surface area contributed by atoms with Crippen LogP contribution in [0.2, 0.25) is 5.02 Å². The Balaban J connectivity index is 2.16. The summed E-state index contributed by atoms with van der Waals surface area (Å²) >= 11 is 5.93. The third kappa shape index (κ3) is 4.11. The molecule has 2 aromatic rings. The number of rotatable bonds is 3. The summed E-state index contributed by atoms with van der Waals surface area (Å²) in [5, 5.41) is 0.782. The lowest BCUT2D eigenvalue weighted by Crippen LogP contribution is -2.09. The maximum absolute atomic E-state index is 5.93. The molecule has 1 heteroatoms. The highest BCUT2D eigenvalue weighted by Gasteiger charge is 2.16. The molecule has 0 radical (unpaired) electrons. The van der Waals surface area contributed by atoms with Crippen LogP contribution < -0.4 is 0 Å². The van der Waals surface area contributed by atoms with Crippen molar-refractivity contribution in [3.8, 4) is 11.1 Å². The molecule has 0 aliphatic rings. The molecule has 20 heavy (non-hydrogen) atoms. The van der Waals surface area contributed by atoms with Crippen molar-refractivity contribution in [1.82, 2.24) is 0 Å². The zero-order valence-corrected chi connectivity index (χ0v) is 13.5. The highest BCUT2D eigenvalue weighted by molar-refractivity contribution is 6.30. The molecule has 2 rings (SSSR count). The molecule has 2 aromatic carbocycles. The second kappa shape index (κ2) is 6.01. The predicted molar refractivity (Wildman–Crippen MR) is 89.4 cm³/mol. The van der Waals surface area contributed by atoms with E-state index in [9.17, 15) is 0 Å². The van der Waals surface area contributed by atoms with Crippen LogP contribution in [0.1, 0.15) is 45.6 Å². The summed E-state index contributed by atoms with van der Waals surface area (Å²) in [5.41, 5.74) is 4.24. The van der Waals surface area contributed by atoms with Gasteiger partial charge in [0.2, 0.25) is 0 Å². The van der Waals surface area contributed by atoms with Crippen LogP contribution in [0.4, 0.5) is 0 Å². The molecular weight excluding hydrogens is 264 g/mol. The first-order chi connectivity index (χ1) is 9.35. The molecule has 0 bridgehead atoms. The number of halogens is 1. The maximum Gasteiger partial charge on any atom is 0.0406 e. The Morgan fingerprint density at radius 3 is 1.75 bits per heavy atom. The lowest BCUT2D eigenvalue weighted by Gasteiger charge is -2.23. The van der Waals surface area contributed by atoms with E-state index in [0.29, 0.717) is 11.3 Å². The summed E-state index contributed by atoms with van der Waals surface area (Å²) < 4.78 is 0. The number of benzene rings is 2. The van der Waals surface area contributed by atoms with E-state index >= 15 is 0 Å². The van der Waals surface area contributed by atoms with E-state index in [2.05, 4.69) is 64.1 Å². The first kappa shape index (κ1) is 15.1. The van der Waals surface area contributed by atoms with E-state index in [1.54, 1.807) is 0 Å². The normalized spacial score (nSPS) is 13.2. The summed E-state index contributed by atoms with van der Waals surface area (Å²) in [4.78, 5) is 0. The second-order valence-electron chi connectivity index (χ2n) is 6.79. The summed E-state index contributed by atoms with van der Waals surface area (Å²) in [7, 11) is 0. The maximum atomic E-state index is 5.93. The van der Waals surface area contributed by atoms with E-state index in [4.69, 9.17) is 11.6 Å². The minimum Gasteiger partial charge on any atom is -0.0843 e. The van der Waals surface area contributed by atoms with Crippen LogP contribution in [0, 0.1) is 5.41 Å².